The number of aromatic nitrogens is 5. The van der Waals surface area contributed by atoms with Gasteiger partial charge in [0.25, 0.3) is 0 Å². The number of rotatable bonds is 5. The number of benzene rings is 2. The molecule has 0 aliphatic heterocycles. The Labute approximate surface area is 192 Å². The Morgan fingerprint density at radius 1 is 0.848 bits per heavy atom. The van der Waals surface area contributed by atoms with Crippen LogP contribution in [0.1, 0.15) is 44.0 Å². The van der Waals surface area contributed by atoms with Crippen LogP contribution in [0.5, 0.6) is 0 Å². The van der Waals surface area contributed by atoms with E-state index in [9.17, 15) is 0 Å². The van der Waals surface area contributed by atoms with Gasteiger partial charge in [0, 0.05) is 23.1 Å². The molecule has 1 fully saturated rings. The third kappa shape index (κ3) is 3.29. The van der Waals surface area contributed by atoms with Crippen molar-refractivity contribution in [1.29, 1.82) is 0 Å². The first-order valence-electron chi connectivity index (χ1n) is 11.7. The number of fused-ring (bicyclic) bond motifs is 3. The highest BCUT2D eigenvalue weighted by molar-refractivity contribution is 5.86. The fraction of sp³-hybridized carbons (Fsp3) is 0.259. The highest BCUT2D eigenvalue weighted by atomic mass is 15.3. The second-order valence-corrected chi connectivity index (χ2v) is 8.98. The van der Waals surface area contributed by atoms with E-state index in [1.54, 1.807) is 0 Å². The highest BCUT2D eigenvalue weighted by Gasteiger charge is 2.34. The maximum Gasteiger partial charge on any atom is 0.166 e. The van der Waals surface area contributed by atoms with Crippen LogP contribution in [0.4, 0.5) is 0 Å². The van der Waals surface area contributed by atoms with E-state index in [0.29, 0.717) is 0 Å². The monoisotopic (exact) mass is 434 g/mol. The van der Waals surface area contributed by atoms with Gasteiger partial charge in [0.1, 0.15) is 11.3 Å². The number of nitrogens with two attached hydrogens (primary N) is 1. The molecule has 6 nitrogen and oxygen atoms in total. The number of hydrogen-bond acceptors (Lipinski definition) is 5. The molecule has 33 heavy (non-hydrogen) atoms. The summed E-state index contributed by atoms with van der Waals surface area (Å²) in [6.45, 7) is 2.14. The summed E-state index contributed by atoms with van der Waals surface area (Å²) in [4.78, 5) is 10.3. The number of aryl methyl sites for hydroxylation is 1. The third-order valence-corrected chi connectivity index (χ3v) is 6.76. The summed E-state index contributed by atoms with van der Waals surface area (Å²) in [6.07, 6.45) is 5.12. The van der Waals surface area contributed by atoms with Crippen LogP contribution in [-0.4, -0.2) is 24.6 Å². The van der Waals surface area contributed by atoms with Crippen molar-refractivity contribution in [2.45, 2.75) is 44.6 Å². The van der Waals surface area contributed by atoms with Gasteiger partial charge in [-0.05, 0) is 43.4 Å². The lowest BCUT2D eigenvalue weighted by Crippen LogP contribution is -2.43. The van der Waals surface area contributed by atoms with Gasteiger partial charge in [0.2, 0.25) is 0 Å². The van der Waals surface area contributed by atoms with Crippen molar-refractivity contribution in [3.05, 3.63) is 78.1 Å². The van der Waals surface area contributed by atoms with Crippen molar-refractivity contribution in [2.75, 3.05) is 0 Å². The number of pyridine rings is 1. The first-order valence-corrected chi connectivity index (χ1v) is 11.7. The molecular weight excluding hydrogens is 408 g/mol. The molecule has 1 saturated carbocycles. The zero-order valence-corrected chi connectivity index (χ0v) is 18.7. The van der Waals surface area contributed by atoms with Crippen molar-refractivity contribution < 1.29 is 0 Å². The predicted molar refractivity (Wildman–Crippen MR) is 131 cm³/mol. The fourth-order valence-electron chi connectivity index (χ4n) is 4.73. The largest absolute Gasteiger partial charge is 0.321 e. The predicted octanol–water partition coefficient (Wildman–Crippen LogP) is 5.30. The Kier molecular flexibility index (Phi) is 4.69. The van der Waals surface area contributed by atoms with Gasteiger partial charge in [-0.3, -0.25) is 4.40 Å². The average molecular weight is 435 g/mol. The van der Waals surface area contributed by atoms with Crippen LogP contribution in [0.15, 0.2) is 66.7 Å². The molecular formula is C27H26N6. The minimum atomic E-state index is -0.175. The van der Waals surface area contributed by atoms with Crippen LogP contribution in [0, 0.1) is 0 Å². The van der Waals surface area contributed by atoms with Crippen LogP contribution in [0.25, 0.3) is 39.3 Å². The molecule has 6 rings (SSSR count). The Morgan fingerprint density at radius 2 is 1.58 bits per heavy atom. The van der Waals surface area contributed by atoms with Crippen LogP contribution in [-0.2, 0) is 12.0 Å². The zero-order valence-electron chi connectivity index (χ0n) is 18.7. The molecule has 0 amide bonds. The van der Waals surface area contributed by atoms with E-state index in [0.717, 1.165) is 70.8 Å². The zero-order chi connectivity index (χ0) is 22.4. The molecule has 0 saturated heterocycles. The van der Waals surface area contributed by atoms with Crippen molar-refractivity contribution in [2.24, 2.45) is 5.73 Å². The summed E-state index contributed by atoms with van der Waals surface area (Å²) in [7, 11) is 0. The molecule has 0 radical (unpaired) electrons. The van der Waals surface area contributed by atoms with E-state index in [1.165, 1.54) is 12.0 Å². The molecule has 0 unspecified atom stereocenters. The summed E-state index contributed by atoms with van der Waals surface area (Å²) < 4.78 is 2.04. The minimum Gasteiger partial charge on any atom is -0.321 e. The van der Waals surface area contributed by atoms with Crippen molar-refractivity contribution in [1.82, 2.24) is 24.6 Å². The molecule has 0 atom stereocenters. The second-order valence-electron chi connectivity index (χ2n) is 8.98. The molecule has 3 aromatic heterocycles. The van der Waals surface area contributed by atoms with Crippen molar-refractivity contribution in [3.8, 4) is 22.5 Å². The molecule has 1 aliphatic carbocycles. The van der Waals surface area contributed by atoms with Crippen molar-refractivity contribution in [3.63, 3.8) is 0 Å². The summed E-state index contributed by atoms with van der Waals surface area (Å²) >= 11 is 0. The number of hydrogen-bond donors (Lipinski definition) is 1. The third-order valence-electron chi connectivity index (χ3n) is 6.76. The summed E-state index contributed by atoms with van der Waals surface area (Å²) in [6, 6.07) is 22.7. The maximum absolute atomic E-state index is 6.55. The number of nitrogens with zero attached hydrogens (tertiary/aromatic N) is 5. The van der Waals surface area contributed by atoms with Crippen LogP contribution < -0.4 is 5.73 Å². The normalized spacial score (nSPS) is 15.1. The van der Waals surface area contributed by atoms with Crippen LogP contribution >= 0.6 is 0 Å². The first kappa shape index (κ1) is 20.0. The summed E-state index contributed by atoms with van der Waals surface area (Å²) in [5.41, 5.74) is 13.8. The topological polar surface area (TPSA) is 82.0 Å². The van der Waals surface area contributed by atoms with Gasteiger partial charge >= 0.3 is 0 Å². The Hall–Kier alpha value is -3.64. The lowest BCUT2D eigenvalue weighted by atomic mass is 9.72. The Bertz CT molecular complexity index is 1450. The van der Waals surface area contributed by atoms with E-state index in [1.807, 2.05) is 34.7 Å². The van der Waals surface area contributed by atoms with Gasteiger partial charge in [-0.1, -0.05) is 61.5 Å². The fourth-order valence-corrected chi connectivity index (χ4v) is 4.73. The Balaban J connectivity index is 1.58. The second kappa shape index (κ2) is 7.74. The average Bonchev–Trinajstić information content (AvgIpc) is 3.26. The van der Waals surface area contributed by atoms with Gasteiger partial charge in [0.05, 0.1) is 11.4 Å². The van der Waals surface area contributed by atoms with E-state index < -0.39 is 0 Å². The summed E-state index contributed by atoms with van der Waals surface area (Å²) in [5.74, 6) is 0.914. The SMILES string of the molecule is CCCc1nnc2ccc3nc(-c4ccc(C5(N)CCC5)cc4)c(-c4ccccc4)nc3n12. The standard InChI is InChI=1S/C27H26N6/c1-2-7-22-31-32-23-15-14-21-26(33(22)23)30-25(18-8-4-3-5-9-18)24(29-21)19-10-12-20(13-11-19)27(28)16-6-17-27/h3-5,8-15H,2,6-7,16-17,28H2,1H3. The molecule has 3 heterocycles. The van der Waals surface area contributed by atoms with Gasteiger partial charge < -0.3 is 5.73 Å². The maximum atomic E-state index is 6.55. The first-order chi connectivity index (χ1) is 16.2. The van der Waals surface area contributed by atoms with Gasteiger partial charge in [0.15, 0.2) is 11.3 Å². The molecule has 1 aliphatic rings. The molecule has 5 aromatic rings. The molecule has 2 aromatic carbocycles. The minimum absolute atomic E-state index is 0.175. The van der Waals surface area contributed by atoms with E-state index in [4.69, 9.17) is 15.7 Å². The van der Waals surface area contributed by atoms with Gasteiger partial charge in [-0.2, -0.15) is 0 Å². The van der Waals surface area contributed by atoms with Crippen LogP contribution in [0.3, 0.4) is 0 Å². The quantitative estimate of drug-likeness (QED) is 0.406. The lowest BCUT2D eigenvalue weighted by molar-refractivity contribution is 0.253. The molecule has 6 heteroatoms. The van der Waals surface area contributed by atoms with Gasteiger partial charge in [-0.25, -0.2) is 9.97 Å². The molecule has 0 spiro atoms. The highest BCUT2D eigenvalue weighted by Crippen LogP contribution is 2.39. The Morgan fingerprint density at radius 3 is 2.27 bits per heavy atom. The van der Waals surface area contributed by atoms with Crippen LogP contribution in [0.2, 0.25) is 0 Å². The van der Waals surface area contributed by atoms with Gasteiger partial charge in [-0.15, -0.1) is 10.2 Å². The van der Waals surface area contributed by atoms with E-state index >= 15 is 0 Å². The molecule has 164 valence electrons. The van der Waals surface area contributed by atoms with E-state index in [-0.39, 0.29) is 5.54 Å². The lowest BCUT2D eigenvalue weighted by Gasteiger charge is -2.38. The smallest absolute Gasteiger partial charge is 0.166 e. The summed E-state index contributed by atoms with van der Waals surface area (Å²) in [5, 5.41) is 8.75. The van der Waals surface area contributed by atoms with E-state index in [2.05, 4.69) is 53.5 Å². The molecule has 2 N–H and O–H groups in total. The van der Waals surface area contributed by atoms with Crippen molar-refractivity contribution >= 4 is 16.8 Å². The molecule has 0 bridgehead atoms.